The van der Waals surface area contributed by atoms with E-state index in [2.05, 4.69) is 0 Å². The van der Waals surface area contributed by atoms with E-state index < -0.39 is 24.1 Å². The Bertz CT molecular complexity index is 914. The second-order valence-corrected chi connectivity index (χ2v) is 8.33. The van der Waals surface area contributed by atoms with Crippen molar-refractivity contribution in [1.82, 2.24) is 0 Å². The first-order valence-corrected chi connectivity index (χ1v) is 12.3. The monoisotopic (exact) mass is 512 g/mol. The van der Waals surface area contributed by atoms with E-state index in [0.29, 0.717) is 11.5 Å². The first kappa shape index (κ1) is 29.6. The smallest absolute Gasteiger partial charge is 0.330 e. The number of esters is 2. The second kappa shape index (κ2) is 16.9. The van der Waals surface area contributed by atoms with Crippen LogP contribution in [0.5, 0.6) is 11.5 Å². The van der Waals surface area contributed by atoms with Gasteiger partial charge in [-0.1, -0.05) is 36.4 Å². The van der Waals surface area contributed by atoms with Crippen LogP contribution in [-0.4, -0.2) is 60.8 Å². The molecular weight excluding hydrogens is 476 g/mol. The Morgan fingerprint density at radius 3 is 1.41 bits per heavy atom. The van der Waals surface area contributed by atoms with Gasteiger partial charge in [0.1, 0.15) is 50.1 Å². The average molecular weight is 513 g/mol. The minimum absolute atomic E-state index is 0.0329. The van der Waals surface area contributed by atoms with Gasteiger partial charge in [-0.3, -0.25) is 0 Å². The number of aliphatic hydroxyl groups excluding tert-OH is 2. The average Bonchev–Trinajstić information content (AvgIpc) is 2.90. The third kappa shape index (κ3) is 12.8. The number of benzene rings is 2. The first-order chi connectivity index (χ1) is 17.9. The van der Waals surface area contributed by atoms with Crippen molar-refractivity contribution < 1.29 is 38.7 Å². The maximum absolute atomic E-state index is 11.3. The van der Waals surface area contributed by atoms with Gasteiger partial charge >= 0.3 is 11.9 Å². The van der Waals surface area contributed by atoms with Crippen LogP contribution in [0, 0.1) is 0 Å². The Balaban J connectivity index is 1.64. The van der Waals surface area contributed by atoms with Crippen LogP contribution in [0.25, 0.3) is 0 Å². The molecule has 2 aromatic carbocycles. The molecule has 0 bridgehead atoms. The molecule has 0 aliphatic heterocycles. The molecule has 8 nitrogen and oxygen atoms in total. The predicted octanol–water partition coefficient (Wildman–Crippen LogP) is 3.58. The normalized spacial score (nSPS) is 12.9. The molecule has 0 spiro atoms. The maximum atomic E-state index is 11.3. The zero-order valence-electron chi connectivity index (χ0n) is 21.4. The van der Waals surface area contributed by atoms with Crippen LogP contribution in [0.15, 0.2) is 72.8 Å². The van der Waals surface area contributed by atoms with Gasteiger partial charge in [0.2, 0.25) is 0 Å². The summed E-state index contributed by atoms with van der Waals surface area (Å²) in [4.78, 5) is 22.5. The molecule has 0 saturated carbocycles. The van der Waals surface area contributed by atoms with E-state index in [1.54, 1.807) is 26.0 Å². The number of rotatable bonds is 16. The van der Waals surface area contributed by atoms with Crippen molar-refractivity contribution in [1.29, 1.82) is 0 Å². The topological polar surface area (TPSA) is 112 Å². The lowest BCUT2D eigenvalue weighted by atomic mass is 10.0. The fraction of sp³-hybridized carbons (Fsp3) is 0.379. The summed E-state index contributed by atoms with van der Waals surface area (Å²) in [6, 6.07) is 15.4. The van der Waals surface area contributed by atoms with Gasteiger partial charge in [0.05, 0.1) is 0 Å². The number of aliphatic hydroxyl groups is 2. The van der Waals surface area contributed by atoms with Crippen molar-refractivity contribution in [2.45, 2.75) is 45.3 Å². The highest BCUT2D eigenvalue weighted by Crippen LogP contribution is 2.17. The van der Waals surface area contributed by atoms with E-state index in [1.807, 2.05) is 48.5 Å². The molecule has 0 aromatic heterocycles. The molecule has 0 saturated heterocycles. The third-order valence-electron chi connectivity index (χ3n) is 5.10. The number of hydrogen-bond acceptors (Lipinski definition) is 8. The van der Waals surface area contributed by atoms with Crippen LogP contribution in [0.2, 0.25) is 0 Å². The van der Waals surface area contributed by atoms with Crippen molar-refractivity contribution >= 4 is 11.9 Å². The van der Waals surface area contributed by atoms with Crippen molar-refractivity contribution in [2.24, 2.45) is 0 Å². The molecule has 0 aliphatic carbocycles. The largest absolute Gasteiger partial charge is 0.491 e. The zero-order valence-corrected chi connectivity index (χ0v) is 21.4. The minimum Gasteiger partial charge on any atom is -0.491 e. The lowest BCUT2D eigenvalue weighted by Gasteiger charge is -2.13. The van der Waals surface area contributed by atoms with E-state index in [-0.39, 0.29) is 26.4 Å². The summed E-state index contributed by atoms with van der Waals surface area (Å²) in [6.07, 6.45) is 6.70. The zero-order chi connectivity index (χ0) is 26.9. The number of aryl methyl sites for hydroxylation is 2. The van der Waals surface area contributed by atoms with Crippen molar-refractivity contribution in [3.8, 4) is 11.5 Å². The van der Waals surface area contributed by atoms with E-state index >= 15 is 0 Å². The second-order valence-electron chi connectivity index (χ2n) is 8.33. The summed E-state index contributed by atoms with van der Waals surface area (Å²) in [5.41, 5.74) is 2.36. The molecule has 0 radical (unpaired) electrons. The van der Waals surface area contributed by atoms with Crippen LogP contribution in [0.4, 0.5) is 0 Å². The molecule has 37 heavy (non-hydrogen) atoms. The summed E-state index contributed by atoms with van der Waals surface area (Å²) >= 11 is 0. The van der Waals surface area contributed by atoms with Gasteiger partial charge in [0.25, 0.3) is 0 Å². The van der Waals surface area contributed by atoms with Crippen LogP contribution in [0.3, 0.4) is 0 Å². The molecule has 2 aromatic rings. The molecule has 2 rings (SSSR count). The van der Waals surface area contributed by atoms with Gasteiger partial charge in [-0.25, -0.2) is 9.59 Å². The Morgan fingerprint density at radius 2 is 1.05 bits per heavy atom. The highest BCUT2D eigenvalue weighted by molar-refractivity contribution is 5.82. The highest BCUT2D eigenvalue weighted by Gasteiger charge is 2.09. The standard InChI is InChI=1S/C29H36O8/c1-3-6-28(32)36-20-24(30)18-34-26-14-10-22(11-15-26)8-5-9-23-12-16-27(17-13-23)35-19-25(31)21-37-29(33)7-4-2/h3-4,6-7,10-17,24-25,30-31H,5,8-9,18-21H2,1-2H3. The molecule has 0 amide bonds. The van der Waals surface area contributed by atoms with Crippen LogP contribution < -0.4 is 9.47 Å². The number of carbonyl (C=O) groups is 2. The molecule has 2 atom stereocenters. The summed E-state index contributed by atoms with van der Waals surface area (Å²) in [6.45, 7) is 3.25. The lowest BCUT2D eigenvalue weighted by Crippen LogP contribution is -2.24. The number of allylic oxidation sites excluding steroid dienone is 2. The predicted molar refractivity (Wildman–Crippen MR) is 139 cm³/mol. The minimum atomic E-state index is -0.899. The fourth-order valence-electron chi connectivity index (χ4n) is 3.21. The van der Waals surface area contributed by atoms with Gasteiger partial charge in [-0.2, -0.15) is 0 Å². The molecule has 0 aliphatic rings. The van der Waals surface area contributed by atoms with E-state index in [0.717, 1.165) is 19.3 Å². The van der Waals surface area contributed by atoms with Crippen molar-refractivity contribution in [3.63, 3.8) is 0 Å². The maximum Gasteiger partial charge on any atom is 0.330 e. The van der Waals surface area contributed by atoms with Crippen LogP contribution in [0.1, 0.15) is 31.4 Å². The molecule has 2 unspecified atom stereocenters. The molecular formula is C29H36O8. The number of carbonyl (C=O) groups excluding carboxylic acids is 2. The van der Waals surface area contributed by atoms with Gasteiger partial charge in [-0.15, -0.1) is 0 Å². The highest BCUT2D eigenvalue weighted by atomic mass is 16.6. The van der Waals surface area contributed by atoms with Gasteiger partial charge in [0, 0.05) is 12.2 Å². The van der Waals surface area contributed by atoms with Gasteiger partial charge < -0.3 is 29.2 Å². The summed E-state index contributed by atoms with van der Waals surface area (Å²) in [5.74, 6) is 0.289. The summed E-state index contributed by atoms with van der Waals surface area (Å²) < 4.78 is 20.9. The van der Waals surface area contributed by atoms with E-state index in [4.69, 9.17) is 18.9 Å². The first-order valence-electron chi connectivity index (χ1n) is 12.3. The third-order valence-corrected chi connectivity index (χ3v) is 5.10. The Hall–Kier alpha value is -3.62. The lowest BCUT2D eigenvalue weighted by molar-refractivity contribution is -0.142. The molecule has 2 N–H and O–H groups in total. The van der Waals surface area contributed by atoms with Crippen LogP contribution >= 0.6 is 0 Å². The van der Waals surface area contributed by atoms with E-state index in [1.165, 1.54) is 23.3 Å². The van der Waals surface area contributed by atoms with Crippen LogP contribution in [-0.2, 0) is 31.9 Å². The Morgan fingerprint density at radius 1 is 0.676 bits per heavy atom. The van der Waals surface area contributed by atoms with E-state index in [9.17, 15) is 19.8 Å². The van der Waals surface area contributed by atoms with Crippen molar-refractivity contribution in [3.05, 3.63) is 84.0 Å². The molecule has 8 heteroatoms. The molecule has 200 valence electrons. The quantitative estimate of drug-likeness (QED) is 0.259. The van der Waals surface area contributed by atoms with Gasteiger partial charge in [-0.05, 0) is 68.5 Å². The summed E-state index contributed by atoms with van der Waals surface area (Å²) in [5, 5.41) is 19.7. The number of ether oxygens (including phenoxy) is 4. The van der Waals surface area contributed by atoms with Crippen molar-refractivity contribution in [2.75, 3.05) is 26.4 Å². The fourth-order valence-corrected chi connectivity index (χ4v) is 3.21. The van der Waals surface area contributed by atoms with Gasteiger partial charge in [0.15, 0.2) is 0 Å². The number of hydrogen-bond donors (Lipinski definition) is 2. The molecule has 0 fully saturated rings. The Labute approximate surface area is 218 Å². The Kier molecular flexibility index (Phi) is 13.6. The SMILES string of the molecule is CC=CC(=O)OCC(O)COc1ccc(CCCc2ccc(OCC(O)COC(=O)C=CC)cc2)cc1. The molecule has 0 heterocycles. The summed E-state index contributed by atoms with van der Waals surface area (Å²) in [7, 11) is 0.